The Bertz CT molecular complexity index is 659. The molecule has 0 aliphatic heterocycles. The fraction of sp³-hybridized carbons (Fsp3) is 0.333. The predicted molar refractivity (Wildman–Crippen MR) is 97.6 cm³/mol. The summed E-state index contributed by atoms with van der Waals surface area (Å²) in [6.45, 7) is 0. The molecule has 0 fully saturated rings. The highest BCUT2D eigenvalue weighted by atomic mass is 32.1. The first-order chi connectivity index (χ1) is 11.5. The van der Waals surface area contributed by atoms with Crippen molar-refractivity contribution < 1.29 is 14.6 Å². The van der Waals surface area contributed by atoms with Gasteiger partial charge in [0.2, 0.25) is 0 Å². The summed E-state index contributed by atoms with van der Waals surface area (Å²) < 4.78 is 5.13. The molecule has 128 valence electrons. The van der Waals surface area contributed by atoms with Crippen LogP contribution in [0, 0.1) is 5.92 Å². The molecule has 2 aromatic rings. The maximum atomic E-state index is 11.6. The van der Waals surface area contributed by atoms with E-state index >= 15 is 0 Å². The van der Waals surface area contributed by atoms with E-state index in [9.17, 15) is 9.90 Å². The maximum absolute atomic E-state index is 11.6. The molecule has 0 spiro atoms. The van der Waals surface area contributed by atoms with E-state index in [0.29, 0.717) is 18.7 Å². The Morgan fingerprint density at radius 2 is 1.92 bits per heavy atom. The van der Waals surface area contributed by atoms with E-state index in [1.165, 1.54) is 0 Å². The molecule has 0 saturated heterocycles. The van der Waals surface area contributed by atoms with Crippen molar-refractivity contribution >= 4 is 24.4 Å². The Balaban J connectivity index is 1.96. The van der Waals surface area contributed by atoms with Crippen LogP contribution in [0.1, 0.15) is 17.5 Å². The maximum Gasteiger partial charge on any atom is 0.307 e. The lowest BCUT2D eigenvalue weighted by Gasteiger charge is -2.19. The molecule has 24 heavy (non-hydrogen) atoms. The van der Waals surface area contributed by atoms with Gasteiger partial charge in [0.25, 0.3) is 0 Å². The summed E-state index contributed by atoms with van der Waals surface area (Å²) in [5.41, 5.74) is 7.54. The second kappa shape index (κ2) is 8.59. The highest BCUT2D eigenvalue weighted by molar-refractivity contribution is 7.81. The molecule has 3 N–H and O–H groups in total. The summed E-state index contributed by atoms with van der Waals surface area (Å²) in [4.78, 5) is 15.6. The number of anilines is 1. The fourth-order valence-electron chi connectivity index (χ4n) is 2.51. The van der Waals surface area contributed by atoms with Gasteiger partial charge in [0.1, 0.15) is 11.6 Å². The van der Waals surface area contributed by atoms with Gasteiger partial charge in [0.05, 0.1) is 13.0 Å². The zero-order chi connectivity index (χ0) is 17.5. The number of hydrogen-bond acceptors (Lipinski definition) is 5. The summed E-state index contributed by atoms with van der Waals surface area (Å²) in [6, 6.07) is 11.3. The highest BCUT2D eigenvalue weighted by Crippen LogP contribution is 2.22. The van der Waals surface area contributed by atoms with Crippen molar-refractivity contribution in [2.45, 2.75) is 24.5 Å². The number of benzene rings is 1. The van der Waals surface area contributed by atoms with Gasteiger partial charge in [-0.1, -0.05) is 18.2 Å². The minimum Gasteiger partial charge on any atom is -0.497 e. The molecule has 1 heterocycles. The molecule has 0 saturated carbocycles. The number of thiol groups is 1. The van der Waals surface area contributed by atoms with Gasteiger partial charge in [-0.05, 0) is 48.6 Å². The quantitative estimate of drug-likeness (QED) is 0.640. The number of carbonyl (C=O) groups is 1. The van der Waals surface area contributed by atoms with Crippen molar-refractivity contribution in [3.05, 3.63) is 53.7 Å². The second-order valence-electron chi connectivity index (χ2n) is 5.69. The third-order valence-corrected chi connectivity index (χ3v) is 4.59. The number of rotatable bonds is 8. The van der Waals surface area contributed by atoms with E-state index in [4.69, 9.17) is 10.5 Å². The Morgan fingerprint density at radius 1 is 1.25 bits per heavy atom. The molecule has 0 bridgehead atoms. The number of carboxylic acids is 1. The third-order valence-electron chi connectivity index (χ3n) is 3.97. The molecule has 2 atom stereocenters. The normalized spacial score (nSPS) is 13.2. The van der Waals surface area contributed by atoms with Gasteiger partial charge in [0, 0.05) is 11.4 Å². The SMILES string of the molecule is COc1ccc(CCC(S)C(Cc2ccc(N)nc2)C(=O)O)cc1. The van der Waals surface area contributed by atoms with Gasteiger partial charge in [-0.2, -0.15) is 12.6 Å². The van der Waals surface area contributed by atoms with Crippen LogP contribution >= 0.6 is 12.6 Å². The van der Waals surface area contributed by atoms with Crippen LogP contribution in [0.4, 0.5) is 5.82 Å². The van der Waals surface area contributed by atoms with Gasteiger partial charge in [-0.3, -0.25) is 4.79 Å². The minimum absolute atomic E-state index is 0.248. The molecule has 2 unspecified atom stereocenters. The third kappa shape index (κ3) is 5.16. The fourth-order valence-corrected chi connectivity index (χ4v) is 2.87. The molecule has 0 amide bonds. The number of aromatic nitrogens is 1. The number of nitrogens with two attached hydrogens (primary N) is 1. The second-order valence-corrected chi connectivity index (χ2v) is 6.36. The number of hydrogen-bond donors (Lipinski definition) is 3. The topological polar surface area (TPSA) is 85.4 Å². The van der Waals surface area contributed by atoms with Gasteiger partial charge in [-0.25, -0.2) is 4.98 Å². The average molecular weight is 346 g/mol. The number of aryl methyl sites for hydroxylation is 1. The van der Waals surface area contributed by atoms with Crippen LogP contribution in [-0.2, 0) is 17.6 Å². The average Bonchev–Trinajstić information content (AvgIpc) is 2.59. The van der Waals surface area contributed by atoms with E-state index in [2.05, 4.69) is 17.6 Å². The number of ether oxygens (including phenoxy) is 1. The van der Waals surface area contributed by atoms with Crippen LogP contribution < -0.4 is 10.5 Å². The molecule has 2 rings (SSSR count). The zero-order valence-corrected chi connectivity index (χ0v) is 14.4. The van der Waals surface area contributed by atoms with Crippen LogP contribution in [0.2, 0.25) is 0 Å². The van der Waals surface area contributed by atoms with Crippen LogP contribution in [0.5, 0.6) is 5.75 Å². The number of aliphatic carboxylic acids is 1. The first kappa shape index (κ1) is 18.1. The molecule has 1 aromatic carbocycles. The summed E-state index contributed by atoms with van der Waals surface area (Å²) in [5, 5.41) is 9.27. The number of pyridine rings is 1. The summed E-state index contributed by atoms with van der Waals surface area (Å²) in [6.07, 6.45) is 3.45. The van der Waals surface area contributed by atoms with Crippen LogP contribution in [0.15, 0.2) is 42.6 Å². The van der Waals surface area contributed by atoms with E-state index in [0.717, 1.165) is 23.3 Å². The lowest BCUT2D eigenvalue weighted by atomic mass is 9.93. The van der Waals surface area contributed by atoms with Crippen molar-refractivity contribution in [1.82, 2.24) is 4.98 Å². The number of nitrogens with zero attached hydrogens (tertiary/aromatic N) is 1. The van der Waals surface area contributed by atoms with E-state index < -0.39 is 11.9 Å². The number of carboxylic acid groups (broad SMARTS) is 1. The Hall–Kier alpha value is -2.21. The summed E-state index contributed by atoms with van der Waals surface area (Å²) in [5.74, 6) is -0.188. The van der Waals surface area contributed by atoms with E-state index in [-0.39, 0.29) is 5.25 Å². The summed E-state index contributed by atoms with van der Waals surface area (Å²) in [7, 11) is 1.63. The van der Waals surface area contributed by atoms with Crippen molar-refractivity contribution in [3.8, 4) is 5.75 Å². The monoisotopic (exact) mass is 346 g/mol. The highest BCUT2D eigenvalue weighted by Gasteiger charge is 2.25. The zero-order valence-electron chi connectivity index (χ0n) is 13.6. The largest absolute Gasteiger partial charge is 0.497 e. The number of nitrogen functional groups attached to an aromatic ring is 1. The Labute approximate surface area is 147 Å². The van der Waals surface area contributed by atoms with Gasteiger partial charge in [-0.15, -0.1) is 0 Å². The van der Waals surface area contributed by atoms with Gasteiger partial charge < -0.3 is 15.6 Å². The van der Waals surface area contributed by atoms with E-state index in [1.54, 1.807) is 19.4 Å². The van der Waals surface area contributed by atoms with Crippen molar-refractivity contribution in [2.24, 2.45) is 5.92 Å². The van der Waals surface area contributed by atoms with Crippen molar-refractivity contribution in [3.63, 3.8) is 0 Å². The molecular formula is C18H22N2O3S. The van der Waals surface area contributed by atoms with Crippen molar-refractivity contribution in [1.29, 1.82) is 0 Å². The smallest absolute Gasteiger partial charge is 0.307 e. The molecule has 1 aromatic heterocycles. The molecule has 5 nitrogen and oxygen atoms in total. The van der Waals surface area contributed by atoms with Crippen LogP contribution in [0.25, 0.3) is 0 Å². The van der Waals surface area contributed by atoms with Crippen molar-refractivity contribution in [2.75, 3.05) is 12.8 Å². The lowest BCUT2D eigenvalue weighted by molar-refractivity contribution is -0.141. The molecule has 0 aliphatic rings. The Kier molecular flexibility index (Phi) is 6.49. The summed E-state index contributed by atoms with van der Waals surface area (Å²) >= 11 is 4.53. The Morgan fingerprint density at radius 3 is 2.46 bits per heavy atom. The van der Waals surface area contributed by atoms with Gasteiger partial charge >= 0.3 is 5.97 Å². The van der Waals surface area contributed by atoms with E-state index in [1.807, 2.05) is 30.3 Å². The molecule has 0 radical (unpaired) electrons. The molecule has 6 heteroatoms. The standard InChI is InChI=1S/C18H22N2O3S/c1-23-14-6-2-12(3-7-14)4-8-16(24)15(18(21)22)10-13-5-9-17(19)20-11-13/h2-3,5-7,9,11,15-16,24H,4,8,10H2,1H3,(H2,19,20)(H,21,22). The minimum atomic E-state index is -0.846. The molecular weight excluding hydrogens is 324 g/mol. The predicted octanol–water partition coefficient (Wildman–Crippen LogP) is 2.85. The molecule has 0 aliphatic carbocycles. The van der Waals surface area contributed by atoms with Gasteiger partial charge in [0.15, 0.2) is 0 Å². The van der Waals surface area contributed by atoms with Crippen LogP contribution in [0.3, 0.4) is 0 Å². The first-order valence-electron chi connectivity index (χ1n) is 7.74. The lowest BCUT2D eigenvalue weighted by Crippen LogP contribution is -2.27. The first-order valence-corrected chi connectivity index (χ1v) is 8.25. The van der Waals surface area contributed by atoms with Crippen LogP contribution in [-0.4, -0.2) is 28.4 Å². The number of methoxy groups -OCH3 is 1.